The lowest BCUT2D eigenvalue weighted by molar-refractivity contribution is -0.146. The van der Waals surface area contributed by atoms with E-state index in [4.69, 9.17) is 15.9 Å². The molecule has 2 amide bonds. The fourth-order valence-electron chi connectivity index (χ4n) is 3.25. The van der Waals surface area contributed by atoms with Crippen molar-refractivity contribution in [2.45, 2.75) is 102 Å². The molecule has 1 saturated heterocycles. The van der Waals surface area contributed by atoms with Crippen molar-refractivity contribution in [3.63, 3.8) is 0 Å². The van der Waals surface area contributed by atoms with Gasteiger partial charge in [-0.2, -0.15) is 0 Å². The molecule has 1 aliphatic rings. The molecule has 1 fully saturated rings. The molecule has 4 N–H and O–H groups in total. The molecule has 0 unspecified atom stereocenters. The van der Waals surface area contributed by atoms with Crippen LogP contribution in [0.2, 0.25) is 0 Å². The average Bonchev–Trinajstić information content (AvgIpc) is 3.18. The number of terminal acetylenes is 1. The van der Waals surface area contributed by atoms with E-state index in [0.29, 0.717) is 32.1 Å². The van der Waals surface area contributed by atoms with Crippen LogP contribution in [0.3, 0.4) is 0 Å². The molecule has 0 radical (unpaired) electrons. The normalized spacial score (nSPS) is 20.2. The van der Waals surface area contributed by atoms with E-state index in [1.807, 2.05) is 13.8 Å². The average molecular weight is 455 g/mol. The summed E-state index contributed by atoms with van der Waals surface area (Å²) in [7, 11) is 0. The number of aliphatic carboxylic acids is 2. The molecule has 1 aliphatic heterocycles. The SMILES string of the molecule is C#CCCCC1O[C@@H](C(=O)N[C@@H](CCCC)C(=O)O)[C@H](C(=O)N[C@@H](CCCC)C(=O)O)O1. The van der Waals surface area contributed by atoms with E-state index in [9.17, 15) is 29.4 Å². The van der Waals surface area contributed by atoms with Crippen LogP contribution in [0.5, 0.6) is 0 Å². The van der Waals surface area contributed by atoms with Gasteiger partial charge in [0.05, 0.1) is 0 Å². The summed E-state index contributed by atoms with van der Waals surface area (Å²) < 4.78 is 11.2. The van der Waals surface area contributed by atoms with E-state index in [1.165, 1.54) is 0 Å². The highest BCUT2D eigenvalue weighted by atomic mass is 16.7. The molecule has 1 rings (SSSR count). The van der Waals surface area contributed by atoms with E-state index in [1.54, 1.807) is 0 Å². The van der Waals surface area contributed by atoms with Gasteiger partial charge < -0.3 is 30.3 Å². The summed E-state index contributed by atoms with van der Waals surface area (Å²) in [5.41, 5.74) is 0. The van der Waals surface area contributed by atoms with Crippen molar-refractivity contribution in [2.75, 3.05) is 0 Å². The maximum Gasteiger partial charge on any atom is 0.326 e. The second-order valence-corrected chi connectivity index (χ2v) is 7.72. The second-order valence-electron chi connectivity index (χ2n) is 7.72. The minimum atomic E-state index is -1.41. The Labute approximate surface area is 188 Å². The number of carbonyl (C=O) groups is 4. The zero-order chi connectivity index (χ0) is 24.1. The smallest absolute Gasteiger partial charge is 0.326 e. The largest absolute Gasteiger partial charge is 0.480 e. The van der Waals surface area contributed by atoms with Gasteiger partial charge in [-0.25, -0.2) is 9.59 Å². The fourth-order valence-corrected chi connectivity index (χ4v) is 3.25. The molecular formula is C22H34N2O8. The molecule has 10 heteroatoms. The molecule has 0 aromatic heterocycles. The van der Waals surface area contributed by atoms with Crippen LogP contribution in [0, 0.1) is 12.3 Å². The zero-order valence-corrected chi connectivity index (χ0v) is 18.7. The van der Waals surface area contributed by atoms with Crippen LogP contribution in [0.15, 0.2) is 0 Å². The third kappa shape index (κ3) is 8.85. The Bertz CT molecular complexity index is 642. The molecule has 180 valence electrons. The van der Waals surface area contributed by atoms with Gasteiger partial charge in [0.15, 0.2) is 18.5 Å². The van der Waals surface area contributed by atoms with Gasteiger partial charge in [0.2, 0.25) is 0 Å². The quantitative estimate of drug-likeness (QED) is 0.214. The molecule has 32 heavy (non-hydrogen) atoms. The lowest BCUT2D eigenvalue weighted by atomic mass is 10.1. The maximum atomic E-state index is 12.8. The van der Waals surface area contributed by atoms with Crippen LogP contribution in [-0.2, 0) is 28.7 Å². The van der Waals surface area contributed by atoms with Gasteiger partial charge in [0, 0.05) is 6.42 Å². The van der Waals surface area contributed by atoms with Gasteiger partial charge in [-0.05, 0) is 25.7 Å². The standard InChI is InChI=1S/C22H34N2O8/c1-4-7-10-13-16-31-17(19(25)23-14(21(27)28)11-8-5-2)18(32-16)20(26)24-15(22(29)30)12-9-6-3/h1,14-18H,5-13H2,2-3H3,(H,23,25)(H,24,26)(H,27,28)(H,29,30)/t14-,15-,17+,18+/m0/s1. The van der Waals surface area contributed by atoms with Crippen LogP contribution in [0.1, 0.15) is 71.6 Å². The van der Waals surface area contributed by atoms with Crippen molar-refractivity contribution >= 4 is 23.8 Å². The van der Waals surface area contributed by atoms with Crippen LogP contribution < -0.4 is 10.6 Å². The predicted molar refractivity (Wildman–Crippen MR) is 114 cm³/mol. The number of carbonyl (C=O) groups excluding carboxylic acids is 2. The maximum absolute atomic E-state index is 12.8. The molecule has 10 nitrogen and oxygen atoms in total. The number of nitrogens with one attached hydrogen (secondary N) is 2. The lowest BCUT2D eigenvalue weighted by Gasteiger charge is -2.21. The Kier molecular flexibility index (Phi) is 12.4. The summed E-state index contributed by atoms with van der Waals surface area (Å²) in [6.07, 6.45) is 5.98. The number of amides is 2. The topological polar surface area (TPSA) is 151 Å². The van der Waals surface area contributed by atoms with Crippen LogP contribution in [0.25, 0.3) is 0 Å². The molecule has 0 aliphatic carbocycles. The molecule has 0 saturated carbocycles. The van der Waals surface area contributed by atoms with E-state index in [-0.39, 0.29) is 12.8 Å². The molecular weight excluding hydrogens is 420 g/mol. The highest BCUT2D eigenvalue weighted by Gasteiger charge is 2.46. The zero-order valence-electron chi connectivity index (χ0n) is 18.7. The van der Waals surface area contributed by atoms with Gasteiger partial charge in [0.1, 0.15) is 12.1 Å². The highest BCUT2D eigenvalue weighted by Crippen LogP contribution is 2.24. The Morgan fingerprint density at radius 3 is 1.66 bits per heavy atom. The number of hydrogen-bond donors (Lipinski definition) is 4. The van der Waals surface area contributed by atoms with Gasteiger partial charge in [-0.3, -0.25) is 9.59 Å². The summed E-state index contributed by atoms with van der Waals surface area (Å²) in [5.74, 6) is -1.50. The second kappa shape index (κ2) is 14.4. The Balaban J connectivity index is 2.95. The van der Waals surface area contributed by atoms with Crippen molar-refractivity contribution < 1.29 is 38.9 Å². The Morgan fingerprint density at radius 1 is 0.875 bits per heavy atom. The van der Waals surface area contributed by atoms with E-state index >= 15 is 0 Å². The van der Waals surface area contributed by atoms with Gasteiger partial charge in [-0.1, -0.05) is 39.5 Å². The van der Waals surface area contributed by atoms with Gasteiger partial charge >= 0.3 is 11.9 Å². The molecule has 0 aromatic carbocycles. The van der Waals surface area contributed by atoms with Crippen molar-refractivity contribution in [2.24, 2.45) is 0 Å². The number of rotatable bonds is 15. The Morgan fingerprint density at radius 2 is 1.31 bits per heavy atom. The van der Waals surface area contributed by atoms with Gasteiger partial charge in [0.25, 0.3) is 11.8 Å². The highest BCUT2D eigenvalue weighted by molar-refractivity contribution is 5.94. The third-order valence-corrected chi connectivity index (χ3v) is 5.07. The third-order valence-electron chi connectivity index (χ3n) is 5.07. The first-order chi connectivity index (χ1) is 15.2. The van der Waals surface area contributed by atoms with E-state index in [0.717, 1.165) is 12.8 Å². The van der Waals surface area contributed by atoms with Crippen molar-refractivity contribution in [3.8, 4) is 12.3 Å². The van der Waals surface area contributed by atoms with Gasteiger partial charge in [-0.15, -0.1) is 12.3 Å². The summed E-state index contributed by atoms with van der Waals surface area (Å²) in [6, 6.07) is -2.27. The molecule has 0 bridgehead atoms. The molecule has 0 spiro atoms. The summed E-state index contributed by atoms with van der Waals surface area (Å²) >= 11 is 0. The molecule has 4 atom stereocenters. The number of ether oxygens (including phenoxy) is 2. The first kappa shape index (κ1) is 27.4. The number of hydrogen-bond acceptors (Lipinski definition) is 6. The first-order valence-corrected chi connectivity index (χ1v) is 11.1. The minimum absolute atomic E-state index is 0.228. The number of carboxylic acid groups (broad SMARTS) is 2. The van der Waals surface area contributed by atoms with Crippen LogP contribution >= 0.6 is 0 Å². The molecule has 1 heterocycles. The van der Waals surface area contributed by atoms with Crippen LogP contribution in [0.4, 0.5) is 0 Å². The predicted octanol–water partition coefficient (Wildman–Crippen LogP) is 1.42. The minimum Gasteiger partial charge on any atom is -0.480 e. The summed E-state index contributed by atoms with van der Waals surface area (Å²) in [5, 5.41) is 23.6. The Hall–Kier alpha value is -2.64. The lowest BCUT2D eigenvalue weighted by Crippen LogP contribution is -2.53. The van der Waals surface area contributed by atoms with E-state index in [2.05, 4.69) is 16.6 Å². The van der Waals surface area contributed by atoms with Crippen molar-refractivity contribution in [3.05, 3.63) is 0 Å². The monoisotopic (exact) mass is 454 g/mol. The summed E-state index contributed by atoms with van der Waals surface area (Å²) in [4.78, 5) is 48.6. The van der Waals surface area contributed by atoms with Crippen molar-refractivity contribution in [1.82, 2.24) is 10.6 Å². The van der Waals surface area contributed by atoms with Crippen molar-refractivity contribution in [1.29, 1.82) is 0 Å². The van der Waals surface area contributed by atoms with Crippen LogP contribution in [-0.4, -0.2) is 64.5 Å². The van der Waals surface area contributed by atoms with E-state index < -0.39 is 54.3 Å². The fraction of sp³-hybridized carbons (Fsp3) is 0.727. The summed E-state index contributed by atoms with van der Waals surface area (Å²) in [6.45, 7) is 3.79. The number of carboxylic acids is 2. The number of unbranched alkanes of at least 4 members (excludes halogenated alkanes) is 3. The first-order valence-electron chi connectivity index (χ1n) is 11.1. The molecule has 0 aromatic rings.